The van der Waals surface area contributed by atoms with Crippen molar-refractivity contribution in [1.82, 2.24) is 14.8 Å². The summed E-state index contributed by atoms with van der Waals surface area (Å²) in [5, 5.41) is 4.93. The van der Waals surface area contributed by atoms with E-state index in [1.807, 2.05) is 20.2 Å². The van der Waals surface area contributed by atoms with Gasteiger partial charge in [-0.05, 0) is 25.2 Å². The Morgan fingerprint density at radius 1 is 1.60 bits per heavy atom. The van der Waals surface area contributed by atoms with Crippen molar-refractivity contribution in [3.8, 4) is 10.6 Å². The van der Waals surface area contributed by atoms with Crippen molar-refractivity contribution in [3.63, 3.8) is 0 Å². The van der Waals surface area contributed by atoms with Crippen molar-refractivity contribution in [1.29, 1.82) is 0 Å². The van der Waals surface area contributed by atoms with Crippen molar-refractivity contribution in [2.24, 2.45) is 18.9 Å². The number of ether oxygens (including phenoxy) is 1. The summed E-state index contributed by atoms with van der Waals surface area (Å²) in [6.45, 7) is 4.54. The minimum Gasteiger partial charge on any atom is -0.461 e. The maximum absolute atomic E-state index is 12.1. The van der Waals surface area contributed by atoms with Gasteiger partial charge in [0, 0.05) is 18.8 Å². The summed E-state index contributed by atoms with van der Waals surface area (Å²) in [5.41, 5.74) is 1.65. The minimum atomic E-state index is -0.255. The van der Waals surface area contributed by atoms with Gasteiger partial charge in [0.2, 0.25) is 0 Å². The Morgan fingerprint density at radius 2 is 2.35 bits per heavy atom. The third-order valence-corrected chi connectivity index (χ3v) is 4.83. The van der Waals surface area contributed by atoms with Crippen molar-refractivity contribution in [3.05, 3.63) is 23.0 Å². The highest BCUT2D eigenvalue weighted by Gasteiger charge is 2.34. The lowest BCUT2D eigenvalue weighted by Gasteiger charge is -2.01. The lowest BCUT2D eigenvalue weighted by molar-refractivity contribution is 0.0486. The number of thiazole rings is 1. The predicted molar refractivity (Wildman–Crippen MR) is 76.6 cm³/mol. The molecule has 20 heavy (non-hydrogen) atoms. The molecule has 0 radical (unpaired) electrons. The van der Waals surface area contributed by atoms with Crippen LogP contribution in [-0.4, -0.2) is 27.3 Å². The molecule has 1 fully saturated rings. The predicted octanol–water partition coefficient (Wildman–Crippen LogP) is 2.66. The van der Waals surface area contributed by atoms with E-state index in [-0.39, 0.29) is 5.97 Å². The maximum atomic E-state index is 12.1. The fourth-order valence-corrected chi connectivity index (χ4v) is 3.06. The normalized spacial score (nSPS) is 20.9. The van der Waals surface area contributed by atoms with Crippen molar-refractivity contribution in [2.75, 3.05) is 6.61 Å². The summed E-state index contributed by atoms with van der Waals surface area (Å²) in [7, 11) is 1.86. The number of esters is 1. The summed E-state index contributed by atoms with van der Waals surface area (Å²) in [6.07, 6.45) is 4.80. The molecule has 3 rings (SSSR count). The summed E-state index contributed by atoms with van der Waals surface area (Å²) in [5.74, 6) is 0.982. The number of hydrogen-bond acceptors (Lipinski definition) is 5. The quantitative estimate of drug-likeness (QED) is 0.813. The molecule has 106 valence electrons. The number of nitrogens with zero attached hydrogens (tertiary/aromatic N) is 3. The highest BCUT2D eigenvalue weighted by atomic mass is 32.1. The number of rotatable bonds is 4. The van der Waals surface area contributed by atoms with Crippen LogP contribution in [0.15, 0.2) is 12.4 Å². The molecule has 0 aromatic carbocycles. The van der Waals surface area contributed by atoms with E-state index in [0.717, 1.165) is 22.7 Å². The van der Waals surface area contributed by atoms with Gasteiger partial charge < -0.3 is 4.74 Å². The van der Waals surface area contributed by atoms with Crippen LogP contribution in [0.4, 0.5) is 0 Å². The van der Waals surface area contributed by atoms with E-state index in [9.17, 15) is 4.79 Å². The molecule has 0 bridgehead atoms. The van der Waals surface area contributed by atoms with Crippen LogP contribution in [0.5, 0.6) is 0 Å². The van der Waals surface area contributed by atoms with Crippen LogP contribution in [0.2, 0.25) is 0 Å². The second-order valence-corrected chi connectivity index (χ2v) is 6.41. The molecule has 0 aliphatic heterocycles. The SMILES string of the molecule is Cc1nc(-c2cnn(C)c2)sc1C(=O)OCC1CC1C. The Kier molecular flexibility index (Phi) is 3.33. The molecule has 2 unspecified atom stereocenters. The molecular formula is C14H17N3O2S. The number of hydrogen-bond donors (Lipinski definition) is 0. The van der Waals surface area contributed by atoms with Gasteiger partial charge in [-0.1, -0.05) is 6.92 Å². The summed E-state index contributed by atoms with van der Waals surface area (Å²) >= 11 is 1.37. The van der Waals surface area contributed by atoms with Gasteiger partial charge in [-0.25, -0.2) is 9.78 Å². The fourth-order valence-electron chi connectivity index (χ4n) is 2.12. The molecule has 2 aromatic rings. The summed E-state index contributed by atoms with van der Waals surface area (Å²) in [6, 6.07) is 0. The van der Waals surface area contributed by atoms with Gasteiger partial charge in [-0.3, -0.25) is 4.68 Å². The standard InChI is InChI=1S/C14H17N3O2S/c1-8-4-10(8)7-19-14(18)12-9(2)16-13(20-12)11-5-15-17(3)6-11/h5-6,8,10H,4,7H2,1-3H3. The fraction of sp³-hybridized carbons (Fsp3) is 0.500. The Bertz CT molecular complexity index is 647. The Labute approximate surface area is 121 Å². The third-order valence-electron chi connectivity index (χ3n) is 3.64. The van der Waals surface area contributed by atoms with Gasteiger partial charge in [0.15, 0.2) is 0 Å². The molecule has 1 aliphatic carbocycles. The van der Waals surface area contributed by atoms with Gasteiger partial charge in [0.25, 0.3) is 0 Å². The van der Waals surface area contributed by atoms with Gasteiger partial charge in [-0.2, -0.15) is 5.10 Å². The van der Waals surface area contributed by atoms with E-state index >= 15 is 0 Å². The smallest absolute Gasteiger partial charge is 0.350 e. The average molecular weight is 291 g/mol. The van der Waals surface area contributed by atoms with E-state index in [1.54, 1.807) is 10.9 Å². The van der Waals surface area contributed by atoms with E-state index in [0.29, 0.717) is 23.3 Å². The van der Waals surface area contributed by atoms with Gasteiger partial charge in [0.05, 0.1) is 18.5 Å². The Hall–Kier alpha value is -1.69. The van der Waals surface area contributed by atoms with Crippen molar-refractivity contribution < 1.29 is 9.53 Å². The van der Waals surface area contributed by atoms with E-state index in [1.165, 1.54) is 11.3 Å². The van der Waals surface area contributed by atoms with Crippen LogP contribution in [-0.2, 0) is 11.8 Å². The summed E-state index contributed by atoms with van der Waals surface area (Å²) in [4.78, 5) is 17.1. The Balaban J connectivity index is 1.73. The van der Waals surface area contributed by atoms with Crippen molar-refractivity contribution >= 4 is 17.3 Å². The molecular weight excluding hydrogens is 274 g/mol. The zero-order valence-corrected chi connectivity index (χ0v) is 12.6. The Morgan fingerprint density at radius 3 is 2.95 bits per heavy atom. The lowest BCUT2D eigenvalue weighted by atomic mass is 10.3. The third kappa shape index (κ3) is 2.60. The highest BCUT2D eigenvalue weighted by Crippen LogP contribution is 2.38. The first-order valence-corrected chi connectivity index (χ1v) is 7.50. The van der Waals surface area contributed by atoms with Crippen LogP contribution >= 0.6 is 11.3 Å². The molecule has 0 spiro atoms. The van der Waals surface area contributed by atoms with Crippen LogP contribution in [0, 0.1) is 18.8 Å². The zero-order chi connectivity index (χ0) is 14.3. The molecule has 1 aliphatic rings. The minimum absolute atomic E-state index is 0.255. The largest absolute Gasteiger partial charge is 0.461 e. The van der Waals surface area contributed by atoms with Crippen LogP contribution in [0.3, 0.4) is 0 Å². The molecule has 5 nitrogen and oxygen atoms in total. The molecule has 2 aromatic heterocycles. The van der Waals surface area contributed by atoms with Crippen molar-refractivity contribution in [2.45, 2.75) is 20.3 Å². The maximum Gasteiger partial charge on any atom is 0.350 e. The number of carbonyl (C=O) groups excluding carboxylic acids is 1. The number of aromatic nitrogens is 3. The molecule has 0 saturated heterocycles. The molecule has 2 heterocycles. The average Bonchev–Trinajstić information content (AvgIpc) is 2.79. The highest BCUT2D eigenvalue weighted by molar-refractivity contribution is 7.17. The molecule has 0 N–H and O–H groups in total. The van der Waals surface area contributed by atoms with Crippen LogP contribution < -0.4 is 0 Å². The zero-order valence-electron chi connectivity index (χ0n) is 11.8. The van der Waals surface area contributed by atoms with Gasteiger partial charge >= 0.3 is 5.97 Å². The van der Waals surface area contributed by atoms with Crippen LogP contribution in [0.25, 0.3) is 10.6 Å². The summed E-state index contributed by atoms with van der Waals surface area (Å²) < 4.78 is 7.09. The molecule has 2 atom stereocenters. The van der Waals surface area contributed by atoms with E-state index in [4.69, 9.17) is 4.74 Å². The van der Waals surface area contributed by atoms with Gasteiger partial charge in [-0.15, -0.1) is 11.3 Å². The first-order valence-electron chi connectivity index (χ1n) is 6.68. The molecule has 0 amide bonds. The number of aryl methyl sites for hydroxylation is 2. The topological polar surface area (TPSA) is 57.0 Å². The molecule has 6 heteroatoms. The monoisotopic (exact) mass is 291 g/mol. The molecule has 1 saturated carbocycles. The second kappa shape index (κ2) is 5.01. The second-order valence-electron chi connectivity index (χ2n) is 5.41. The van der Waals surface area contributed by atoms with Gasteiger partial charge in [0.1, 0.15) is 9.88 Å². The number of carbonyl (C=O) groups is 1. The first-order chi connectivity index (χ1) is 9.54. The lowest BCUT2D eigenvalue weighted by Crippen LogP contribution is -2.07. The van der Waals surface area contributed by atoms with E-state index < -0.39 is 0 Å². The van der Waals surface area contributed by atoms with Crippen LogP contribution in [0.1, 0.15) is 28.7 Å². The first kappa shape index (κ1) is 13.3. The van der Waals surface area contributed by atoms with E-state index in [2.05, 4.69) is 17.0 Å².